The Balaban J connectivity index is 1.80. The lowest BCUT2D eigenvalue weighted by Crippen LogP contribution is -2.28. The number of benzene rings is 1. The van der Waals surface area contributed by atoms with Gasteiger partial charge in [0.2, 0.25) is 5.91 Å². The van der Waals surface area contributed by atoms with Crippen molar-refractivity contribution in [1.29, 1.82) is 0 Å². The smallest absolute Gasteiger partial charge is 0.224 e. The van der Waals surface area contributed by atoms with E-state index in [4.69, 9.17) is 16.3 Å². The molecule has 0 aliphatic carbocycles. The van der Waals surface area contributed by atoms with Gasteiger partial charge in [0.15, 0.2) is 0 Å². The zero-order chi connectivity index (χ0) is 14.4. The molecule has 1 atom stereocenters. The van der Waals surface area contributed by atoms with Gasteiger partial charge in [-0.15, -0.1) is 0 Å². The molecule has 1 unspecified atom stereocenters. The Hall–Kier alpha value is -1.26. The zero-order valence-corrected chi connectivity index (χ0v) is 12.5. The molecule has 1 aromatic carbocycles. The molecule has 1 heterocycles. The Morgan fingerprint density at radius 1 is 1.55 bits per heavy atom. The minimum Gasteiger partial charge on any atom is -0.496 e. The maximum Gasteiger partial charge on any atom is 0.224 e. The highest BCUT2D eigenvalue weighted by atomic mass is 35.5. The minimum absolute atomic E-state index is 0.0107. The van der Waals surface area contributed by atoms with Gasteiger partial charge in [-0.1, -0.05) is 11.6 Å². The molecule has 5 heteroatoms. The van der Waals surface area contributed by atoms with E-state index < -0.39 is 0 Å². The number of halogens is 1. The Morgan fingerprint density at radius 2 is 2.40 bits per heavy atom. The zero-order valence-electron chi connectivity index (χ0n) is 11.7. The summed E-state index contributed by atoms with van der Waals surface area (Å²) in [5.41, 5.74) is 0.819. The number of hydrogen-bond acceptors (Lipinski definition) is 3. The largest absolute Gasteiger partial charge is 0.496 e. The van der Waals surface area contributed by atoms with E-state index >= 15 is 0 Å². The van der Waals surface area contributed by atoms with Crippen molar-refractivity contribution < 1.29 is 9.53 Å². The third-order valence-corrected chi connectivity index (χ3v) is 3.87. The number of nitrogens with one attached hydrogen (secondary N) is 2. The normalized spacial score (nSPS) is 18.0. The number of carbonyl (C=O) groups is 1. The number of carbonyl (C=O) groups excluding carboxylic acids is 1. The van der Waals surface area contributed by atoms with Crippen molar-refractivity contribution >= 4 is 17.5 Å². The van der Waals surface area contributed by atoms with Gasteiger partial charge >= 0.3 is 0 Å². The SMILES string of the molecule is COc1ccc(Cl)cc1CC(=O)NCCC1CCNC1. The van der Waals surface area contributed by atoms with Gasteiger partial charge in [0.25, 0.3) is 0 Å². The van der Waals surface area contributed by atoms with Crippen LogP contribution in [-0.2, 0) is 11.2 Å². The molecule has 2 N–H and O–H groups in total. The number of rotatable bonds is 6. The third kappa shape index (κ3) is 4.39. The molecule has 0 bridgehead atoms. The first kappa shape index (κ1) is 15.1. The molecule has 1 fully saturated rings. The van der Waals surface area contributed by atoms with Crippen LogP contribution in [0.5, 0.6) is 5.75 Å². The summed E-state index contributed by atoms with van der Waals surface area (Å²) in [6, 6.07) is 5.32. The summed E-state index contributed by atoms with van der Waals surface area (Å²) in [6.45, 7) is 2.89. The first-order valence-electron chi connectivity index (χ1n) is 6.99. The molecule has 0 aromatic heterocycles. The first-order valence-corrected chi connectivity index (χ1v) is 7.36. The van der Waals surface area contributed by atoms with Crippen LogP contribution >= 0.6 is 11.6 Å². The third-order valence-electron chi connectivity index (χ3n) is 3.63. The van der Waals surface area contributed by atoms with Crippen LogP contribution < -0.4 is 15.4 Å². The highest BCUT2D eigenvalue weighted by Gasteiger charge is 2.14. The molecular formula is C15H21ClN2O2. The molecule has 0 spiro atoms. The predicted molar refractivity (Wildman–Crippen MR) is 80.3 cm³/mol. The number of hydrogen-bond donors (Lipinski definition) is 2. The summed E-state index contributed by atoms with van der Waals surface area (Å²) in [6.07, 6.45) is 2.54. The number of amides is 1. The molecule has 1 saturated heterocycles. The number of ether oxygens (including phenoxy) is 1. The van der Waals surface area contributed by atoms with Gasteiger partial charge in [-0.2, -0.15) is 0 Å². The minimum atomic E-state index is 0.0107. The fraction of sp³-hybridized carbons (Fsp3) is 0.533. The Morgan fingerprint density at radius 3 is 3.10 bits per heavy atom. The van der Waals surface area contributed by atoms with E-state index in [-0.39, 0.29) is 5.91 Å². The van der Waals surface area contributed by atoms with E-state index in [9.17, 15) is 4.79 Å². The fourth-order valence-electron chi connectivity index (χ4n) is 2.50. The van der Waals surface area contributed by atoms with E-state index in [1.165, 1.54) is 6.42 Å². The highest BCUT2D eigenvalue weighted by Crippen LogP contribution is 2.23. The molecule has 1 amide bonds. The summed E-state index contributed by atoms with van der Waals surface area (Å²) in [7, 11) is 1.59. The lowest BCUT2D eigenvalue weighted by molar-refractivity contribution is -0.120. The molecule has 20 heavy (non-hydrogen) atoms. The second-order valence-corrected chi connectivity index (χ2v) is 5.57. The quantitative estimate of drug-likeness (QED) is 0.844. The van der Waals surface area contributed by atoms with Gasteiger partial charge in [0.1, 0.15) is 5.75 Å². The van der Waals surface area contributed by atoms with Crippen molar-refractivity contribution in [3.05, 3.63) is 28.8 Å². The molecular weight excluding hydrogens is 276 g/mol. The lowest BCUT2D eigenvalue weighted by atomic mass is 10.1. The van der Waals surface area contributed by atoms with E-state index in [0.29, 0.717) is 23.1 Å². The van der Waals surface area contributed by atoms with Crippen LogP contribution in [0.4, 0.5) is 0 Å². The molecule has 110 valence electrons. The van der Waals surface area contributed by atoms with Gasteiger partial charge in [-0.3, -0.25) is 4.79 Å². The van der Waals surface area contributed by atoms with Crippen molar-refractivity contribution in [1.82, 2.24) is 10.6 Å². The number of methoxy groups -OCH3 is 1. The summed E-state index contributed by atoms with van der Waals surface area (Å²) in [4.78, 5) is 11.9. The second kappa shape index (κ2) is 7.50. The van der Waals surface area contributed by atoms with Crippen molar-refractivity contribution in [2.24, 2.45) is 5.92 Å². The maximum atomic E-state index is 11.9. The molecule has 0 radical (unpaired) electrons. The monoisotopic (exact) mass is 296 g/mol. The summed E-state index contributed by atoms with van der Waals surface area (Å²) < 4.78 is 5.24. The van der Waals surface area contributed by atoms with Crippen LogP contribution in [0.3, 0.4) is 0 Å². The predicted octanol–water partition coefficient (Wildman–Crippen LogP) is 2.01. The van der Waals surface area contributed by atoms with E-state index in [1.807, 2.05) is 0 Å². The van der Waals surface area contributed by atoms with Crippen LogP contribution in [-0.4, -0.2) is 32.7 Å². The Kier molecular flexibility index (Phi) is 5.68. The summed E-state index contributed by atoms with van der Waals surface area (Å²) in [5, 5.41) is 6.91. The second-order valence-electron chi connectivity index (χ2n) is 5.13. The van der Waals surface area contributed by atoms with Gasteiger partial charge in [0.05, 0.1) is 13.5 Å². The molecule has 1 aliphatic heterocycles. The van der Waals surface area contributed by atoms with Crippen LogP contribution in [0.25, 0.3) is 0 Å². The molecule has 0 saturated carbocycles. The van der Waals surface area contributed by atoms with Crippen LogP contribution in [0, 0.1) is 5.92 Å². The van der Waals surface area contributed by atoms with Gasteiger partial charge in [-0.25, -0.2) is 0 Å². The van der Waals surface area contributed by atoms with Gasteiger partial charge in [0, 0.05) is 17.1 Å². The summed E-state index contributed by atoms with van der Waals surface area (Å²) >= 11 is 5.95. The van der Waals surface area contributed by atoms with Crippen LogP contribution in [0.1, 0.15) is 18.4 Å². The van der Waals surface area contributed by atoms with E-state index in [0.717, 1.165) is 31.6 Å². The molecule has 1 aliphatic rings. The van der Waals surface area contributed by atoms with Crippen molar-refractivity contribution in [2.75, 3.05) is 26.7 Å². The Bertz CT molecular complexity index is 459. The molecule has 2 rings (SSSR count). The average molecular weight is 297 g/mol. The maximum absolute atomic E-state index is 11.9. The lowest BCUT2D eigenvalue weighted by Gasteiger charge is -2.11. The average Bonchev–Trinajstić information content (AvgIpc) is 2.92. The van der Waals surface area contributed by atoms with Crippen molar-refractivity contribution in [3.63, 3.8) is 0 Å². The van der Waals surface area contributed by atoms with E-state index in [2.05, 4.69) is 10.6 Å². The molecule has 4 nitrogen and oxygen atoms in total. The van der Waals surface area contributed by atoms with Crippen molar-refractivity contribution in [3.8, 4) is 5.75 Å². The standard InChI is InChI=1S/C15H21ClN2O2/c1-20-14-3-2-13(16)8-12(14)9-15(19)18-7-5-11-4-6-17-10-11/h2-3,8,11,17H,4-7,9-10H2,1H3,(H,18,19). The first-order chi connectivity index (χ1) is 9.69. The van der Waals surface area contributed by atoms with Crippen LogP contribution in [0.2, 0.25) is 5.02 Å². The van der Waals surface area contributed by atoms with Gasteiger partial charge in [-0.05, 0) is 50.0 Å². The fourth-order valence-corrected chi connectivity index (χ4v) is 2.69. The van der Waals surface area contributed by atoms with Crippen LogP contribution in [0.15, 0.2) is 18.2 Å². The van der Waals surface area contributed by atoms with E-state index in [1.54, 1.807) is 25.3 Å². The van der Waals surface area contributed by atoms with Crippen molar-refractivity contribution in [2.45, 2.75) is 19.3 Å². The Labute approximate surface area is 124 Å². The highest BCUT2D eigenvalue weighted by molar-refractivity contribution is 6.30. The summed E-state index contributed by atoms with van der Waals surface area (Å²) in [5.74, 6) is 1.40. The van der Waals surface area contributed by atoms with Gasteiger partial charge < -0.3 is 15.4 Å². The molecule has 1 aromatic rings. The topological polar surface area (TPSA) is 50.4 Å².